The first kappa shape index (κ1) is 13.7. The lowest BCUT2D eigenvalue weighted by Crippen LogP contribution is -2.13. The van der Waals surface area contributed by atoms with E-state index in [9.17, 15) is 0 Å². The lowest BCUT2D eigenvalue weighted by molar-refractivity contribution is 0.834. The van der Waals surface area contributed by atoms with Crippen LogP contribution in [0.4, 0.5) is 5.95 Å². The first-order chi connectivity index (χ1) is 11.1. The van der Waals surface area contributed by atoms with E-state index < -0.39 is 0 Å². The van der Waals surface area contributed by atoms with Crippen molar-refractivity contribution in [2.45, 2.75) is 26.8 Å². The van der Waals surface area contributed by atoms with Gasteiger partial charge in [0.05, 0.1) is 17.9 Å². The van der Waals surface area contributed by atoms with Gasteiger partial charge in [-0.2, -0.15) is 0 Å². The summed E-state index contributed by atoms with van der Waals surface area (Å²) in [6.07, 6.45) is 9.45. The molecule has 0 unspecified atom stereocenters. The van der Waals surface area contributed by atoms with E-state index in [1.165, 1.54) is 0 Å². The van der Waals surface area contributed by atoms with E-state index >= 15 is 0 Å². The molecule has 116 valence electrons. The molecule has 4 heterocycles. The first-order valence-corrected chi connectivity index (χ1v) is 7.53. The normalized spacial score (nSPS) is 11.7. The minimum Gasteiger partial charge on any atom is -0.351 e. The molecule has 0 aliphatic heterocycles. The second kappa shape index (κ2) is 5.05. The van der Waals surface area contributed by atoms with Crippen LogP contribution >= 0.6 is 0 Å². The van der Waals surface area contributed by atoms with E-state index in [0.717, 1.165) is 22.3 Å². The number of aromatic nitrogens is 6. The van der Waals surface area contributed by atoms with Crippen LogP contribution in [-0.4, -0.2) is 35.0 Å². The first-order valence-electron chi connectivity index (χ1n) is 7.53. The molecule has 0 aliphatic rings. The summed E-state index contributed by atoms with van der Waals surface area (Å²) in [5.74, 6) is 1.32. The molecule has 7 nitrogen and oxygen atoms in total. The molecule has 0 bridgehead atoms. The van der Waals surface area contributed by atoms with Crippen molar-refractivity contribution in [1.82, 2.24) is 29.0 Å². The lowest BCUT2D eigenvalue weighted by Gasteiger charge is -2.08. The van der Waals surface area contributed by atoms with Gasteiger partial charge >= 0.3 is 0 Å². The zero-order chi connectivity index (χ0) is 16.0. The third-order valence-electron chi connectivity index (χ3n) is 3.70. The molecule has 0 spiro atoms. The molecule has 23 heavy (non-hydrogen) atoms. The number of nitrogens with one attached hydrogen (secondary N) is 1. The largest absolute Gasteiger partial charge is 0.351 e. The minimum atomic E-state index is 0.290. The van der Waals surface area contributed by atoms with Crippen molar-refractivity contribution in [3.8, 4) is 11.1 Å². The van der Waals surface area contributed by atoms with Gasteiger partial charge in [0.1, 0.15) is 0 Å². The Labute approximate surface area is 133 Å². The van der Waals surface area contributed by atoms with Crippen LogP contribution in [0.5, 0.6) is 0 Å². The summed E-state index contributed by atoms with van der Waals surface area (Å²) >= 11 is 0. The maximum atomic E-state index is 4.49. The number of hydrogen-bond donors (Lipinski definition) is 1. The van der Waals surface area contributed by atoms with Gasteiger partial charge in [0.25, 0.3) is 0 Å². The SMILES string of the molecule is Cc1cnc2ncc(-c3ccn4nc(NC(C)C)ncc34)cn12. The van der Waals surface area contributed by atoms with Crippen molar-refractivity contribution in [1.29, 1.82) is 0 Å². The van der Waals surface area contributed by atoms with Gasteiger partial charge in [-0.05, 0) is 26.8 Å². The van der Waals surface area contributed by atoms with Crippen LogP contribution in [0.1, 0.15) is 19.5 Å². The number of fused-ring (bicyclic) bond motifs is 2. The van der Waals surface area contributed by atoms with Crippen LogP contribution in [0.2, 0.25) is 0 Å². The molecular weight excluding hydrogens is 290 g/mol. The van der Waals surface area contributed by atoms with E-state index in [1.54, 1.807) is 0 Å². The van der Waals surface area contributed by atoms with Gasteiger partial charge in [-0.3, -0.25) is 4.40 Å². The fourth-order valence-electron chi connectivity index (χ4n) is 2.60. The summed E-state index contributed by atoms with van der Waals surface area (Å²) < 4.78 is 3.81. The summed E-state index contributed by atoms with van der Waals surface area (Å²) in [4.78, 5) is 13.1. The van der Waals surface area contributed by atoms with Gasteiger partial charge in [0, 0.05) is 41.5 Å². The number of anilines is 1. The summed E-state index contributed by atoms with van der Waals surface area (Å²) in [5, 5.41) is 7.69. The van der Waals surface area contributed by atoms with Gasteiger partial charge in [0.2, 0.25) is 11.7 Å². The Morgan fingerprint density at radius 2 is 1.91 bits per heavy atom. The van der Waals surface area contributed by atoms with Crippen LogP contribution in [0, 0.1) is 6.92 Å². The predicted octanol–water partition coefficient (Wildman–Crippen LogP) is 2.57. The van der Waals surface area contributed by atoms with Gasteiger partial charge in [-0.15, -0.1) is 5.10 Å². The summed E-state index contributed by atoms with van der Waals surface area (Å²) in [6, 6.07) is 2.32. The van der Waals surface area contributed by atoms with Crippen molar-refractivity contribution < 1.29 is 0 Å². The molecule has 0 radical (unpaired) electrons. The topological polar surface area (TPSA) is 72.4 Å². The molecule has 0 aliphatic carbocycles. The Hall–Kier alpha value is -2.96. The van der Waals surface area contributed by atoms with Crippen LogP contribution in [0.25, 0.3) is 22.4 Å². The highest BCUT2D eigenvalue weighted by Crippen LogP contribution is 2.25. The number of rotatable bonds is 3. The molecule has 7 heteroatoms. The molecule has 1 N–H and O–H groups in total. The zero-order valence-corrected chi connectivity index (χ0v) is 13.2. The Balaban J connectivity index is 1.82. The molecule has 4 aromatic rings. The van der Waals surface area contributed by atoms with Crippen LogP contribution < -0.4 is 5.32 Å². The smallest absolute Gasteiger partial charge is 0.241 e. The van der Waals surface area contributed by atoms with E-state index in [4.69, 9.17) is 0 Å². The van der Waals surface area contributed by atoms with Gasteiger partial charge in [-0.1, -0.05) is 0 Å². The van der Waals surface area contributed by atoms with Crippen molar-refractivity contribution in [2.75, 3.05) is 5.32 Å². The van der Waals surface area contributed by atoms with Gasteiger partial charge in [0.15, 0.2) is 0 Å². The Bertz CT molecular complexity index is 996. The quantitative estimate of drug-likeness (QED) is 0.630. The molecule has 0 atom stereocenters. The maximum Gasteiger partial charge on any atom is 0.241 e. The highest BCUT2D eigenvalue weighted by atomic mass is 15.3. The molecule has 0 saturated heterocycles. The van der Waals surface area contributed by atoms with Gasteiger partial charge in [-0.25, -0.2) is 19.5 Å². The summed E-state index contributed by atoms with van der Waals surface area (Å²) in [5.41, 5.74) is 4.05. The predicted molar refractivity (Wildman–Crippen MR) is 88.5 cm³/mol. The fraction of sp³-hybridized carbons (Fsp3) is 0.250. The van der Waals surface area contributed by atoms with Gasteiger partial charge < -0.3 is 5.32 Å². The minimum absolute atomic E-state index is 0.290. The fourth-order valence-corrected chi connectivity index (χ4v) is 2.60. The molecular formula is C16H17N7. The molecule has 4 aromatic heterocycles. The monoisotopic (exact) mass is 307 g/mol. The third-order valence-corrected chi connectivity index (χ3v) is 3.70. The number of imidazole rings is 1. The Morgan fingerprint density at radius 1 is 1.09 bits per heavy atom. The lowest BCUT2D eigenvalue weighted by atomic mass is 10.1. The van der Waals surface area contributed by atoms with Crippen molar-refractivity contribution >= 4 is 17.2 Å². The van der Waals surface area contributed by atoms with Crippen LogP contribution in [0.15, 0.2) is 37.1 Å². The van der Waals surface area contributed by atoms with Crippen molar-refractivity contribution in [2.24, 2.45) is 0 Å². The molecule has 4 rings (SSSR count). The molecule has 0 fully saturated rings. The molecule has 0 amide bonds. The molecule has 0 aromatic carbocycles. The Kier molecular flexibility index (Phi) is 3.00. The summed E-state index contributed by atoms with van der Waals surface area (Å²) in [7, 11) is 0. The Morgan fingerprint density at radius 3 is 2.74 bits per heavy atom. The van der Waals surface area contributed by atoms with Crippen molar-refractivity contribution in [3.05, 3.63) is 42.7 Å². The summed E-state index contributed by atoms with van der Waals surface area (Å²) in [6.45, 7) is 6.13. The third kappa shape index (κ3) is 2.30. The van der Waals surface area contributed by atoms with E-state index in [-0.39, 0.29) is 0 Å². The average Bonchev–Trinajstić information content (AvgIpc) is 3.10. The standard InChI is InChI=1S/C16H17N7/c1-10(2)20-15-17-8-14-13(4-5-23(14)21-15)12-7-19-16-18-6-11(3)22(16)9-12/h4-10H,1-3H3,(H,20,21). The second-order valence-corrected chi connectivity index (χ2v) is 5.85. The van der Waals surface area contributed by atoms with Crippen LogP contribution in [0.3, 0.4) is 0 Å². The maximum absolute atomic E-state index is 4.49. The van der Waals surface area contributed by atoms with E-state index in [2.05, 4.69) is 39.2 Å². The number of aryl methyl sites for hydroxylation is 1. The van der Waals surface area contributed by atoms with Crippen LogP contribution in [-0.2, 0) is 0 Å². The zero-order valence-electron chi connectivity index (χ0n) is 13.2. The number of hydrogen-bond acceptors (Lipinski definition) is 5. The highest BCUT2D eigenvalue weighted by Gasteiger charge is 2.10. The highest BCUT2D eigenvalue weighted by molar-refractivity contribution is 5.79. The second-order valence-electron chi connectivity index (χ2n) is 5.85. The number of nitrogens with zero attached hydrogens (tertiary/aromatic N) is 6. The molecule has 0 saturated carbocycles. The average molecular weight is 307 g/mol. The van der Waals surface area contributed by atoms with E-state index in [0.29, 0.717) is 17.8 Å². The van der Waals surface area contributed by atoms with E-state index in [1.807, 2.05) is 52.9 Å². The van der Waals surface area contributed by atoms with Crippen molar-refractivity contribution in [3.63, 3.8) is 0 Å².